The molecule has 0 bridgehead atoms. The van der Waals surface area contributed by atoms with E-state index in [4.69, 9.17) is 39.5 Å². The van der Waals surface area contributed by atoms with E-state index < -0.39 is 6.10 Å². The van der Waals surface area contributed by atoms with Gasteiger partial charge >= 0.3 is 0 Å². The lowest BCUT2D eigenvalue weighted by Crippen LogP contribution is -3.00. The average Bonchev–Trinajstić information content (AvgIpc) is 3.28. The number of carbonyl (C=O) groups excluding carboxylic acids is 1. The predicted molar refractivity (Wildman–Crippen MR) is 131 cm³/mol. The van der Waals surface area contributed by atoms with Crippen LogP contribution in [0.4, 0.5) is 4.39 Å². The SMILES string of the molecule is O=C(C[n+]1ccn(CC(OCc2ccccc2)c2ccc(Cl)c(Cl)c2Cl)c1)c1ccc(F)cc1.[Cl-]. The lowest BCUT2D eigenvalue weighted by atomic mass is 10.1. The number of hydrogen-bond acceptors (Lipinski definition) is 2. The highest BCUT2D eigenvalue weighted by atomic mass is 35.5. The molecule has 0 amide bonds. The van der Waals surface area contributed by atoms with Crippen molar-refractivity contribution in [2.24, 2.45) is 0 Å². The van der Waals surface area contributed by atoms with Gasteiger partial charge in [0.15, 0.2) is 6.54 Å². The first kappa shape index (κ1) is 27.2. The predicted octanol–water partition coefficient (Wildman–Crippen LogP) is 3.72. The van der Waals surface area contributed by atoms with Crippen LogP contribution in [0.2, 0.25) is 15.1 Å². The van der Waals surface area contributed by atoms with Gasteiger partial charge in [-0.15, -0.1) is 0 Å². The van der Waals surface area contributed by atoms with Crippen molar-refractivity contribution in [2.45, 2.75) is 25.8 Å². The van der Waals surface area contributed by atoms with Crippen molar-refractivity contribution < 1.29 is 30.9 Å². The van der Waals surface area contributed by atoms with E-state index in [1.165, 1.54) is 24.3 Å². The molecule has 0 aliphatic carbocycles. The molecule has 0 aliphatic heterocycles. The summed E-state index contributed by atoms with van der Waals surface area (Å²) in [6, 6.07) is 18.8. The molecule has 0 saturated carbocycles. The molecule has 4 aromatic rings. The lowest BCUT2D eigenvalue weighted by Gasteiger charge is -2.19. The fourth-order valence-corrected chi connectivity index (χ4v) is 4.19. The fraction of sp³-hybridized carbons (Fsp3) is 0.154. The number of imidazole rings is 1. The number of nitrogens with zero attached hydrogens (tertiary/aromatic N) is 2. The summed E-state index contributed by atoms with van der Waals surface area (Å²) in [5, 5.41) is 0.996. The van der Waals surface area contributed by atoms with Crippen LogP contribution in [-0.2, 0) is 24.4 Å². The summed E-state index contributed by atoms with van der Waals surface area (Å²) >= 11 is 18.9. The molecule has 3 aromatic carbocycles. The fourth-order valence-electron chi connectivity index (χ4n) is 3.53. The summed E-state index contributed by atoms with van der Waals surface area (Å²) in [5.41, 5.74) is 2.19. The summed E-state index contributed by atoms with van der Waals surface area (Å²) in [5.74, 6) is -0.495. The van der Waals surface area contributed by atoms with E-state index >= 15 is 0 Å². The van der Waals surface area contributed by atoms with E-state index in [1.807, 2.05) is 53.5 Å². The Hall–Kier alpha value is -2.41. The van der Waals surface area contributed by atoms with Gasteiger partial charge in [-0.25, -0.2) is 13.5 Å². The molecule has 4 nitrogen and oxygen atoms in total. The van der Waals surface area contributed by atoms with Crippen LogP contribution in [0, 0.1) is 5.82 Å². The number of ketones is 1. The van der Waals surface area contributed by atoms with Crippen molar-refractivity contribution >= 4 is 40.6 Å². The Labute approximate surface area is 224 Å². The van der Waals surface area contributed by atoms with Crippen LogP contribution in [0.3, 0.4) is 0 Å². The van der Waals surface area contributed by atoms with Gasteiger partial charge in [0, 0.05) is 11.1 Å². The molecule has 1 heterocycles. The number of halogens is 5. The van der Waals surface area contributed by atoms with Gasteiger partial charge in [0.25, 0.3) is 0 Å². The van der Waals surface area contributed by atoms with Gasteiger partial charge in [-0.3, -0.25) is 4.79 Å². The number of carbonyl (C=O) groups is 1. The largest absolute Gasteiger partial charge is 1.00 e. The van der Waals surface area contributed by atoms with Crippen molar-refractivity contribution in [3.05, 3.63) is 123 Å². The lowest BCUT2D eigenvalue weighted by molar-refractivity contribution is -0.682. The van der Waals surface area contributed by atoms with Gasteiger partial charge < -0.3 is 17.1 Å². The highest BCUT2D eigenvalue weighted by molar-refractivity contribution is 6.48. The van der Waals surface area contributed by atoms with Gasteiger partial charge in [0.1, 0.15) is 30.9 Å². The van der Waals surface area contributed by atoms with E-state index in [2.05, 4.69) is 0 Å². The molecule has 0 fully saturated rings. The molecule has 0 spiro atoms. The first-order valence-corrected chi connectivity index (χ1v) is 11.7. The van der Waals surface area contributed by atoms with Crippen LogP contribution < -0.4 is 17.0 Å². The van der Waals surface area contributed by atoms with Gasteiger partial charge in [-0.1, -0.05) is 71.2 Å². The highest BCUT2D eigenvalue weighted by Gasteiger charge is 2.22. The zero-order valence-corrected chi connectivity index (χ0v) is 21.4. The maximum Gasteiger partial charge on any atom is 0.244 e. The molecule has 1 unspecified atom stereocenters. The third kappa shape index (κ3) is 7.06. The second-order valence-corrected chi connectivity index (χ2v) is 8.93. The number of hydrogen-bond donors (Lipinski definition) is 0. The smallest absolute Gasteiger partial charge is 0.244 e. The first-order valence-electron chi connectivity index (χ1n) is 10.5. The minimum atomic E-state index is -0.420. The topological polar surface area (TPSA) is 35.1 Å². The summed E-state index contributed by atoms with van der Waals surface area (Å²) in [4.78, 5) is 12.5. The van der Waals surface area contributed by atoms with Gasteiger partial charge in [0.05, 0.1) is 21.7 Å². The standard InChI is InChI=1S/C26H21Cl3FN2O2.ClH/c27-22-11-10-21(25(28)26(22)29)24(34-16-18-4-2-1-3-5-18)15-32-13-12-31(17-32)14-23(33)19-6-8-20(30)9-7-19;/h1-13,17,24H,14-16H2;1H/q+1;/p-1. The molecule has 1 atom stereocenters. The number of Topliss-reactive ketones (excluding diaryl/α,β-unsaturated/α-hetero) is 1. The quantitative estimate of drug-likeness (QED) is 0.180. The number of ether oxygens (including phenoxy) is 1. The Morgan fingerprint density at radius 2 is 1.69 bits per heavy atom. The van der Waals surface area contributed by atoms with Gasteiger partial charge in [-0.05, 0) is 35.9 Å². The van der Waals surface area contributed by atoms with E-state index in [-0.39, 0.29) is 35.6 Å². The normalized spacial score (nSPS) is 11.7. The molecule has 0 radical (unpaired) electrons. The van der Waals surface area contributed by atoms with E-state index in [0.29, 0.717) is 28.8 Å². The molecule has 0 aliphatic rings. The van der Waals surface area contributed by atoms with Crippen LogP contribution in [0.5, 0.6) is 0 Å². The van der Waals surface area contributed by atoms with E-state index in [1.54, 1.807) is 16.8 Å². The third-order valence-corrected chi connectivity index (χ3v) is 6.63. The zero-order valence-electron chi connectivity index (χ0n) is 18.4. The Balaban J connectivity index is 0.00000342. The molecule has 182 valence electrons. The molecule has 1 aromatic heterocycles. The van der Waals surface area contributed by atoms with Crippen molar-refractivity contribution in [3.63, 3.8) is 0 Å². The molecule has 0 saturated heterocycles. The minimum Gasteiger partial charge on any atom is -1.00 e. The average molecular weight is 554 g/mol. The van der Waals surface area contributed by atoms with Crippen LogP contribution >= 0.6 is 34.8 Å². The third-order valence-electron chi connectivity index (χ3n) is 5.32. The Kier molecular flexibility index (Phi) is 9.72. The molecule has 35 heavy (non-hydrogen) atoms. The summed E-state index contributed by atoms with van der Waals surface area (Å²) < 4.78 is 23.0. The van der Waals surface area contributed by atoms with Crippen molar-refractivity contribution in [3.8, 4) is 0 Å². The molecule has 0 N–H and O–H groups in total. The van der Waals surface area contributed by atoms with Crippen LogP contribution in [0.15, 0.2) is 85.5 Å². The van der Waals surface area contributed by atoms with Crippen LogP contribution in [-0.4, -0.2) is 10.4 Å². The molecular formula is C26H21Cl4FN2O2. The zero-order chi connectivity index (χ0) is 24.1. The second kappa shape index (κ2) is 12.5. The Bertz CT molecular complexity index is 1280. The van der Waals surface area contributed by atoms with Gasteiger partial charge in [-0.2, -0.15) is 0 Å². The number of rotatable bonds is 9. The van der Waals surface area contributed by atoms with E-state index in [0.717, 1.165) is 11.1 Å². The van der Waals surface area contributed by atoms with Crippen molar-refractivity contribution in [1.82, 2.24) is 4.57 Å². The highest BCUT2D eigenvalue weighted by Crippen LogP contribution is 2.37. The molecule has 4 rings (SSSR count). The first-order chi connectivity index (χ1) is 16.4. The summed E-state index contributed by atoms with van der Waals surface area (Å²) in [6.45, 7) is 0.941. The van der Waals surface area contributed by atoms with Crippen molar-refractivity contribution in [2.75, 3.05) is 0 Å². The molecular weight excluding hydrogens is 533 g/mol. The second-order valence-electron chi connectivity index (χ2n) is 7.76. The number of aromatic nitrogens is 2. The maximum absolute atomic E-state index is 13.1. The number of benzene rings is 3. The monoisotopic (exact) mass is 552 g/mol. The van der Waals surface area contributed by atoms with E-state index in [9.17, 15) is 9.18 Å². The summed E-state index contributed by atoms with van der Waals surface area (Å²) in [6.07, 6.45) is 5.04. The van der Waals surface area contributed by atoms with Gasteiger partial charge in [0.2, 0.25) is 12.1 Å². The minimum absolute atomic E-state index is 0. The Morgan fingerprint density at radius 3 is 2.40 bits per heavy atom. The summed E-state index contributed by atoms with van der Waals surface area (Å²) in [7, 11) is 0. The van der Waals surface area contributed by atoms with Crippen molar-refractivity contribution in [1.29, 1.82) is 0 Å². The van der Waals surface area contributed by atoms with Crippen LogP contribution in [0.25, 0.3) is 0 Å². The van der Waals surface area contributed by atoms with Crippen LogP contribution in [0.1, 0.15) is 27.6 Å². The Morgan fingerprint density at radius 1 is 0.971 bits per heavy atom. The maximum atomic E-state index is 13.1. The molecule has 9 heteroatoms.